The average Bonchev–Trinajstić information content (AvgIpc) is 2.59. The predicted molar refractivity (Wildman–Crippen MR) is 66.2 cm³/mol. The Bertz CT molecular complexity index is 642. The van der Waals surface area contributed by atoms with Crippen molar-refractivity contribution in [3.8, 4) is 11.1 Å². The second-order valence-electron chi connectivity index (χ2n) is 3.86. The molecule has 1 aromatic carbocycles. The van der Waals surface area contributed by atoms with Crippen molar-refractivity contribution in [3.63, 3.8) is 0 Å². The van der Waals surface area contributed by atoms with E-state index >= 15 is 0 Å². The zero-order valence-electron chi connectivity index (χ0n) is 9.58. The summed E-state index contributed by atoms with van der Waals surface area (Å²) in [6.07, 6.45) is 2.84. The third kappa shape index (κ3) is 2.16. The molecular weight excluding hydrogens is 238 g/mol. The number of benzene rings is 1. The van der Waals surface area contributed by atoms with Gasteiger partial charge < -0.3 is 5.73 Å². The number of hydrogen-bond donors (Lipinski definition) is 1. The third-order valence-electron chi connectivity index (χ3n) is 2.58. The van der Waals surface area contributed by atoms with Crippen LogP contribution >= 0.6 is 0 Å². The number of aryl methyl sites for hydroxylation is 1. The van der Waals surface area contributed by atoms with Crippen molar-refractivity contribution >= 4 is 15.7 Å². The van der Waals surface area contributed by atoms with E-state index < -0.39 is 9.84 Å². The minimum absolute atomic E-state index is 0.295. The van der Waals surface area contributed by atoms with E-state index in [1.54, 1.807) is 42.2 Å². The van der Waals surface area contributed by atoms with Gasteiger partial charge in [-0.2, -0.15) is 5.10 Å². The molecule has 90 valence electrons. The molecule has 0 amide bonds. The van der Waals surface area contributed by atoms with E-state index in [9.17, 15) is 8.42 Å². The minimum Gasteiger partial charge on any atom is -0.383 e. The maximum absolute atomic E-state index is 11.3. The molecule has 0 atom stereocenters. The predicted octanol–water partition coefficient (Wildman–Crippen LogP) is 1.07. The van der Waals surface area contributed by atoms with Gasteiger partial charge >= 0.3 is 0 Å². The Hall–Kier alpha value is -1.82. The number of aromatic nitrogens is 2. The molecule has 0 radical (unpaired) electrons. The number of nitrogen functional groups attached to an aromatic ring is 1. The summed E-state index contributed by atoms with van der Waals surface area (Å²) in [5.74, 6) is 0.553. The minimum atomic E-state index is -3.16. The maximum Gasteiger partial charge on any atom is 0.175 e. The Morgan fingerprint density at radius 2 is 1.82 bits per heavy atom. The van der Waals surface area contributed by atoms with Crippen LogP contribution in [0.3, 0.4) is 0 Å². The van der Waals surface area contributed by atoms with Gasteiger partial charge in [-0.15, -0.1) is 0 Å². The number of anilines is 1. The lowest BCUT2D eigenvalue weighted by Gasteiger charge is -2.02. The fraction of sp³-hybridized carbons (Fsp3) is 0.182. The van der Waals surface area contributed by atoms with Gasteiger partial charge in [0.05, 0.1) is 11.1 Å². The molecule has 0 aliphatic rings. The molecule has 0 fully saturated rings. The summed E-state index contributed by atoms with van der Waals surface area (Å²) in [7, 11) is -1.41. The zero-order valence-corrected chi connectivity index (χ0v) is 10.4. The van der Waals surface area contributed by atoms with E-state index in [0.29, 0.717) is 10.7 Å². The van der Waals surface area contributed by atoms with Crippen LogP contribution in [0.15, 0.2) is 35.4 Å². The molecule has 0 unspecified atom stereocenters. The Morgan fingerprint density at radius 3 is 2.24 bits per heavy atom. The molecule has 2 N–H and O–H groups in total. The van der Waals surface area contributed by atoms with Crippen molar-refractivity contribution in [1.29, 1.82) is 0 Å². The monoisotopic (exact) mass is 251 g/mol. The SMILES string of the molecule is Cn1ncc(-c2ccc(S(C)(=O)=O)cc2)c1N. The number of nitrogens with two attached hydrogens (primary N) is 1. The van der Waals surface area contributed by atoms with Crippen LogP contribution in [0.25, 0.3) is 11.1 Å². The number of hydrogen-bond acceptors (Lipinski definition) is 4. The highest BCUT2D eigenvalue weighted by Crippen LogP contribution is 2.25. The zero-order chi connectivity index (χ0) is 12.6. The van der Waals surface area contributed by atoms with E-state index in [1.165, 1.54) is 6.26 Å². The highest BCUT2D eigenvalue weighted by atomic mass is 32.2. The van der Waals surface area contributed by atoms with Crippen LogP contribution in [0.2, 0.25) is 0 Å². The van der Waals surface area contributed by atoms with Gasteiger partial charge in [0.1, 0.15) is 5.82 Å². The molecule has 0 aliphatic heterocycles. The molecule has 0 saturated carbocycles. The van der Waals surface area contributed by atoms with Gasteiger partial charge in [-0.1, -0.05) is 12.1 Å². The second-order valence-corrected chi connectivity index (χ2v) is 5.88. The van der Waals surface area contributed by atoms with Crippen molar-refractivity contribution in [2.75, 3.05) is 12.0 Å². The van der Waals surface area contributed by atoms with Gasteiger partial charge in [0, 0.05) is 18.9 Å². The standard InChI is InChI=1S/C11H13N3O2S/c1-14-11(12)10(7-13-14)8-3-5-9(6-4-8)17(2,15)16/h3-7H,12H2,1-2H3. The summed E-state index contributed by atoms with van der Waals surface area (Å²) in [5.41, 5.74) is 7.49. The molecule has 1 heterocycles. The Labute approximate surface area is 99.8 Å². The molecule has 17 heavy (non-hydrogen) atoms. The topological polar surface area (TPSA) is 78.0 Å². The van der Waals surface area contributed by atoms with Gasteiger partial charge in [0.2, 0.25) is 0 Å². The molecule has 0 spiro atoms. The van der Waals surface area contributed by atoms with Gasteiger partial charge in [-0.3, -0.25) is 4.68 Å². The molecule has 2 aromatic rings. The Kier molecular flexibility index (Phi) is 2.66. The van der Waals surface area contributed by atoms with E-state index in [0.717, 1.165) is 11.1 Å². The van der Waals surface area contributed by atoms with Crippen molar-refractivity contribution in [2.24, 2.45) is 7.05 Å². The highest BCUT2D eigenvalue weighted by molar-refractivity contribution is 7.90. The van der Waals surface area contributed by atoms with Crippen molar-refractivity contribution in [2.45, 2.75) is 4.90 Å². The van der Waals surface area contributed by atoms with Crippen molar-refractivity contribution in [1.82, 2.24) is 9.78 Å². The first-order valence-corrected chi connectivity index (χ1v) is 6.86. The number of nitrogens with zero attached hydrogens (tertiary/aromatic N) is 2. The van der Waals surface area contributed by atoms with Crippen molar-refractivity contribution in [3.05, 3.63) is 30.5 Å². The van der Waals surface area contributed by atoms with E-state index in [4.69, 9.17) is 5.73 Å². The van der Waals surface area contributed by atoms with Gasteiger partial charge in [0.15, 0.2) is 9.84 Å². The first kappa shape index (κ1) is 11.7. The first-order chi connectivity index (χ1) is 7.89. The molecule has 0 saturated heterocycles. The fourth-order valence-electron chi connectivity index (χ4n) is 1.55. The Morgan fingerprint density at radius 1 is 1.24 bits per heavy atom. The first-order valence-electron chi connectivity index (χ1n) is 4.97. The van der Waals surface area contributed by atoms with Gasteiger partial charge in [-0.25, -0.2) is 8.42 Å². The summed E-state index contributed by atoms with van der Waals surface area (Å²) in [6.45, 7) is 0. The molecular formula is C11H13N3O2S. The molecule has 5 nitrogen and oxygen atoms in total. The normalized spacial score (nSPS) is 11.6. The summed E-state index contributed by atoms with van der Waals surface area (Å²) in [5, 5.41) is 4.04. The average molecular weight is 251 g/mol. The smallest absolute Gasteiger partial charge is 0.175 e. The second kappa shape index (κ2) is 3.89. The largest absolute Gasteiger partial charge is 0.383 e. The van der Waals surface area contributed by atoms with E-state index in [-0.39, 0.29) is 0 Å². The summed E-state index contributed by atoms with van der Waals surface area (Å²) in [4.78, 5) is 0.295. The molecule has 0 aliphatic carbocycles. The van der Waals surface area contributed by atoms with E-state index in [1.807, 2.05) is 0 Å². The lowest BCUT2D eigenvalue weighted by atomic mass is 10.1. The third-order valence-corrected chi connectivity index (χ3v) is 3.71. The number of sulfone groups is 1. The molecule has 2 rings (SSSR count). The van der Waals surface area contributed by atoms with Crippen LogP contribution < -0.4 is 5.73 Å². The lowest BCUT2D eigenvalue weighted by Crippen LogP contribution is -1.98. The highest BCUT2D eigenvalue weighted by Gasteiger charge is 2.10. The lowest BCUT2D eigenvalue weighted by molar-refractivity contribution is 0.602. The molecule has 1 aromatic heterocycles. The van der Waals surface area contributed by atoms with Crippen LogP contribution in [-0.4, -0.2) is 24.5 Å². The maximum atomic E-state index is 11.3. The van der Waals surface area contributed by atoms with Crippen LogP contribution in [0.1, 0.15) is 0 Å². The van der Waals surface area contributed by atoms with Gasteiger partial charge in [0.25, 0.3) is 0 Å². The van der Waals surface area contributed by atoms with Crippen LogP contribution in [-0.2, 0) is 16.9 Å². The van der Waals surface area contributed by atoms with Gasteiger partial charge in [-0.05, 0) is 17.7 Å². The summed E-state index contributed by atoms with van der Waals surface area (Å²) >= 11 is 0. The molecule has 0 bridgehead atoms. The van der Waals surface area contributed by atoms with Crippen molar-refractivity contribution < 1.29 is 8.42 Å². The summed E-state index contributed by atoms with van der Waals surface area (Å²) in [6, 6.07) is 6.59. The van der Waals surface area contributed by atoms with Crippen LogP contribution in [0.5, 0.6) is 0 Å². The van der Waals surface area contributed by atoms with Crippen LogP contribution in [0.4, 0.5) is 5.82 Å². The number of rotatable bonds is 2. The Balaban J connectivity index is 2.46. The van der Waals surface area contributed by atoms with Crippen LogP contribution in [0, 0.1) is 0 Å². The molecule has 6 heteroatoms. The quantitative estimate of drug-likeness (QED) is 0.866. The van der Waals surface area contributed by atoms with E-state index in [2.05, 4.69) is 5.10 Å². The summed E-state index contributed by atoms with van der Waals surface area (Å²) < 4.78 is 24.2. The fourth-order valence-corrected chi connectivity index (χ4v) is 2.18.